The fourth-order valence-corrected chi connectivity index (χ4v) is 3.94. The summed E-state index contributed by atoms with van der Waals surface area (Å²) in [5, 5.41) is 6.12. The van der Waals surface area contributed by atoms with E-state index in [1.165, 1.54) is 18.5 Å². The van der Waals surface area contributed by atoms with Gasteiger partial charge in [-0.1, -0.05) is 12.1 Å². The zero-order chi connectivity index (χ0) is 22.9. The molecule has 3 N–H and O–H groups in total. The van der Waals surface area contributed by atoms with Gasteiger partial charge in [-0.3, -0.25) is 4.90 Å². The largest absolute Gasteiger partial charge is 0.488 e. The lowest BCUT2D eigenvalue weighted by Gasteiger charge is -2.36. The zero-order valence-electron chi connectivity index (χ0n) is 18.2. The van der Waals surface area contributed by atoms with Crippen molar-refractivity contribution < 1.29 is 13.9 Å². The highest BCUT2D eigenvalue weighted by Crippen LogP contribution is 2.30. The van der Waals surface area contributed by atoms with Crippen molar-refractivity contribution in [1.29, 1.82) is 0 Å². The van der Waals surface area contributed by atoms with Crippen molar-refractivity contribution in [1.82, 2.24) is 19.9 Å². The van der Waals surface area contributed by atoms with Crippen LogP contribution in [0.3, 0.4) is 0 Å². The van der Waals surface area contributed by atoms with Crippen molar-refractivity contribution in [2.24, 2.45) is 0 Å². The van der Waals surface area contributed by atoms with Crippen LogP contribution >= 0.6 is 0 Å². The molecule has 9 heteroatoms. The minimum absolute atomic E-state index is 0.0669. The van der Waals surface area contributed by atoms with Gasteiger partial charge < -0.3 is 20.4 Å². The van der Waals surface area contributed by atoms with E-state index < -0.39 is 11.8 Å². The maximum Gasteiger partial charge on any atom is 0.323 e. The van der Waals surface area contributed by atoms with E-state index in [-0.39, 0.29) is 11.8 Å². The van der Waals surface area contributed by atoms with Crippen LogP contribution in [-0.4, -0.2) is 52.1 Å². The van der Waals surface area contributed by atoms with E-state index in [2.05, 4.69) is 30.5 Å². The number of aromatic amines is 1. The molecule has 1 saturated heterocycles. The topological polar surface area (TPSA) is 95.2 Å². The molecule has 5 rings (SSSR count). The molecular weight excluding hydrogens is 423 g/mol. The molecule has 0 saturated carbocycles. The van der Waals surface area contributed by atoms with E-state index in [9.17, 15) is 9.18 Å². The predicted octanol–water partition coefficient (Wildman–Crippen LogP) is 4.41. The van der Waals surface area contributed by atoms with Crippen LogP contribution in [-0.2, 0) is 0 Å². The molecule has 1 aliphatic rings. The van der Waals surface area contributed by atoms with Crippen molar-refractivity contribution in [3.05, 3.63) is 66.4 Å². The molecule has 168 valence electrons. The number of H-pyrrole nitrogens is 1. The Kier molecular flexibility index (Phi) is 5.39. The normalized spacial score (nSPS) is 14.2. The number of benzene rings is 2. The van der Waals surface area contributed by atoms with Crippen LogP contribution in [0.2, 0.25) is 0 Å². The number of anilines is 2. The number of ether oxygens (including phenoxy) is 1. The summed E-state index contributed by atoms with van der Waals surface area (Å²) in [4.78, 5) is 26.2. The first-order valence-electron chi connectivity index (χ1n) is 10.6. The fourth-order valence-electron chi connectivity index (χ4n) is 3.94. The Morgan fingerprint density at radius 2 is 2.03 bits per heavy atom. The number of rotatable bonds is 5. The number of fused-ring (bicyclic) bond motifs is 1. The Morgan fingerprint density at radius 3 is 2.82 bits per heavy atom. The van der Waals surface area contributed by atoms with E-state index in [1.807, 2.05) is 26.2 Å². The van der Waals surface area contributed by atoms with Gasteiger partial charge in [0.25, 0.3) is 0 Å². The molecule has 2 amide bonds. The lowest BCUT2D eigenvalue weighted by Crippen LogP contribution is -2.51. The van der Waals surface area contributed by atoms with Crippen molar-refractivity contribution in [3.8, 4) is 17.0 Å². The molecule has 4 aromatic rings. The number of likely N-dealkylation sites (N-methyl/N-ethyl adjacent to an activating group) is 1. The third kappa shape index (κ3) is 4.35. The SMILES string of the molecule is Cc1c[nH]c2ncnc(-c3ccc(NC(=O)Nc4cccc(OC5CN(C)C5)c4)c(F)c3)c12. The number of hydrogen-bond acceptors (Lipinski definition) is 5. The lowest BCUT2D eigenvalue weighted by atomic mass is 10.1. The van der Waals surface area contributed by atoms with E-state index in [0.717, 1.165) is 24.0 Å². The van der Waals surface area contributed by atoms with Crippen molar-refractivity contribution >= 4 is 28.4 Å². The zero-order valence-corrected chi connectivity index (χ0v) is 18.2. The second kappa shape index (κ2) is 8.51. The monoisotopic (exact) mass is 446 g/mol. The summed E-state index contributed by atoms with van der Waals surface area (Å²) in [6.07, 6.45) is 3.42. The van der Waals surface area contributed by atoms with Crippen molar-refractivity contribution in [2.75, 3.05) is 30.8 Å². The first-order chi connectivity index (χ1) is 16.0. The molecule has 1 aliphatic heterocycles. The van der Waals surface area contributed by atoms with E-state index in [1.54, 1.807) is 24.3 Å². The highest BCUT2D eigenvalue weighted by molar-refractivity contribution is 6.00. The number of amides is 2. The number of carbonyl (C=O) groups excluding carboxylic acids is 1. The number of halogens is 1. The number of likely N-dealkylation sites (tertiary alicyclic amines) is 1. The first-order valence-corrected chi connectivity index (χ1v) is 10.6. The minimum atomic E-state index is -0.561. The van der Waals surface area contributed by atoms with Gasteiger partial charge in [-0.05, 0) is 43.8 Å². The Hall–Kier alpha value is -3.98. The van der Waals surface area contributed by atoms with E-state index in [4.69, 9.17) is 4.74 Å². The maximum atomic E-state index is 14.8. The number of nitrogens with one attached hydrogen (secondary N) is 3. The summed E-state index contributed by atoms with van der Waals surface area (Å²) in [5.41, 5.74) is 3.51. The molecule has 33 heavy (non-hydrogen) atoms. The summed E-state index contributed by atoms with van der Waals surface area (Å²) in [5.74, 6) is 0.117. The Morgan fingerprint density at radius 1 is 1.18 bits per heavy atom. The molecule has 2 aromatic heterocycles. The quantitative estimate of drug-likeness (QED) is 0.422. The highest BCUT2D eigenvalue weighted by Gasteiger charge is 2.24. The standard InChI is InChI=1S/C24H23FN6O2/c1-14-10-26-23-21(14)22(27-13-28-23)15-6-7-20(19(25)8-15)30-24(32)29-16-4-3-5-17(9-16)33-18-11-31(2)12-18/h3-10,13,18H,11-12H2,1-2H3,(H,26,27,28)(H2,29,30,32). The predicted molar refractivity (Wildman–Crippen MR) is 125 cm³/mol. The summed E-state index contributed by atoms with van der Waals surface area (Å²) in [6, 6.07) is 11.2. The highest BCUT2D eigenvalue weighted by atomic mass is 19.1. The Balaban J connectivity index is 1.28. The number of nitrogens with zero attached hydrogens (tertiary/aromatic N) is 3. The molecule has 0 spiro atoms. The molecule has 0 bridgehead atoms. The molecule has 8 nitrogen and oxygen atoms in total. The van der Waals surface area contributed by atoms with Crippen molar-refractivity contribution in [2.45, 2.75) is 13.0 Å². The molecular formula is C24H23FN6O2. The van der Waals surface area contributed by atoms with Gasteiger partial charge in [0.2, 0.25) is 0 Å². The summed E-state index contributed by atoms with van der Waals surface area (Å²) in [7, 11) is 2.03. The lowest BCUT2D eigenvalue weighted by molar-refractivity contribution is 0.0389. The molecule has 0 atom stereocenters. The van der Waals surface area contributed by atoms with Crippen LogP contribution < -0.4 is 15.4 Å². The second-order valence-corrected chi connectivity index (χ2v) is 8.18. The van der Waals surface area contributed by atoms with Crippen LogP contribution in [0.4, 0.5) is 20.6 Å². The van der Waals surface area contributed by atoms with Gasteiger partial charge in [0.05, 0.1) is 11.4 Å². The van der Waals surface area contributed by atoms with Crippen LogP contribution in [0.25, 0.3) is 22.3 Å². The molecule has 0 unspecified atom stereocenters. The van der Waals surface area contributed by atoms with Gasteiger partial charge in [0.15, 0.2) is 0 Å². The van der Waals surface area contributed by atoms with Crippen LogP contribution in [0, 0.1) is 12.7 Å². The minimum Gasteiger partial charge on any atom is -0.488 e. The van der Waals surface area contributed by atoms with E-state index in [0.29, 0.717) is 28.3 Å². The van der Waals surface area contributed by atoms with E-state index >= 15 is 0 Å². The number of hydrogen-bond donors (Lipinski definition) is 3. The average molecular weight is 446 g/mol. The third-order valence-electron chi connectivity index (χ3n) is 5.58. The first kappa shape index (κ1) is 20.9. The molecule has 1 fully saturated rings. The van der Waals surface area contributed by atoms with Gasteiger partial charge in [-0.2, -0.15) is 0 Å². The number of urea groups is 1. The fraction of sp³-hybridized carbons (Fsp3) is 0.208. The molecule has 0 radical (unpaired) electrons. The van der Waals surface area contributed by atoms with Crippen LogP contribution in [0.15, 0.2) is 55.0 Å². The number of aryl methyl sites for hydroxylation is 1. The Labute approximate surface area is 189 Å². The van der Waals surface area contributed by atoms with Gasteiger partial charge >= 0.3 is 6.03 Å². The molecule has 2 aromatic carbocycles. The average Bonchev–Trinajstić information content (AvgIpc) is 3.15. The van der Waals surface area contributed by atoms with Crippen molar-refractivity contribution in [3.63, 3.8) is 0 Å². The van der Waals surface area contributed by atoms with Gasteiger partial charge in [-0.25, -0.2) is 19.2 Å². The molecule has 3 heterocycles. The maximum absolute atomic E-state index is 14.8. The second-order valence-electron chi connectivity index (χ2n) is 8.18. The van der Waals surface area contributed by atoms with Gasteiger partial charge in [0.1, 0.15) is 29.6 Å². The van der Waals surface area contributed by atoms with Gasteiger partial charge in [0, 0.05) is 42.0 Å². The summed E-state index contributed by atoms with van der Waals surface area (Å²) >= 11 is 0. The smallest absolute Gasteiger partial charge is 0.323 e. The van der Waals surface area contributed by atoms with Crippen LogP contribution in [0.5, 0.6) is 5.75 Å². The number of carbonyl (C=O) groups is 1. The number of aromatic nitrogens is 3. The summed E-state index contributed by atoms with van der Waals surface area (Å²) < 4.78 is 20.7. The van der Waals surface area contributed by atoms with Gasteiger partial charge in [-0.15, -0.1) is 0 Å². The third-order valence-corrected chi connectivity index (χ3v) is 5.58. The van der Waals surface area contributed by atoms with Crippen LogP contribution in [0.1, 0.15) is 5.56 Å². The Bertz CT molecular complexity index is 1330. The molecule has 0 aliphatic carbocycles. The summed E-state index contributed by atoms with van der Waals surface area (Å²) in [6.45, 7) is 3.68.